The number of para-hydroxylation sites is 2. The van der Waals surface area contributed by atoms with Gasteiger partial charge in [-0.1, -0.05) is 194 Å². The molecule has 0 saturated carbocycles. The van der Waals surface area contributed by atoms with Crippen LogP contribution >= 0.6 is 0 Å². The molecule has 56 heavy (non-hydrogen) atoms. The van der Waals surface area contributed by atoms with Crippen LogP contribution in [-0.4, -0.2) is 22.6 Å². The number of benzene rings is 8. The maximum absolute atomic E-state index is 5.23. The fourth-order valence-electron chi connectivity index (χ4n) is 8.42. The van der Waals surface area contributed by atoms with Gasteiger partial charge in [-0.15, -0.1) is 0 Å². The van der Waals surface area contributed by atoms with E-state index in [0.29, 0.717) is 5.82 Å². The number of nitrogens with zero attached hydrogens (tertiary/aromatic N) is 3. The molecular formula is C52H37N3Si. The summed E-state index contributed by atoms with van der Waals surface area (Å²) in [6, 6.07) is 80.9. The van der Waals surface area contributed by atoms with Crippen LogP contribution in [-0.2, 0) is 0 Å². The van der Waals surface area contributed by atoms with E-state index < -0.39 is 8.07 Å². The van der Waals surface area contributed by atoms with Crippen molar-refractivity contribution in [3.8, 4) is 39.6 Å². The van der Waals surface area contributed by atoms with Gasteiger partial charge < -0.3 is 4.57 Å². The van der Waals surface area contributed by atoms with Crippen molar-refractivity contribution in [2.75, 3.05) is 0 Å². The molecule has 0 amide bonds. The molecule has 0 N–H and O–H groups in total. The second-order valence-corrected chi connectivity index (χ2v) is 18.0. The van der Waals surface area contributed by atoms with Crippen LogP contribution < -0.4 is 20.7 Å². The molecule has 0 aliphatic carbocycles. The van der Waals surface area contributed by atoms with Crippen LogP contribution in [0.15, 0.2) is 224 Å². The zero-order valence-corrected chi connectivity index (χ0v) is 31.7. The summed E-state index contributed by atoms with van der Waals surface area (Å²) in [6.07, 6.45) is 0. The van der Waals surface area contributed by atoms with Gasteiger partial charge in [0, 0.05) is 33.2 Å². The average Bonchev–Trinajstić information content (AvgIpc) is 3.63. The largest absolute Gasteiger partial charge is 0.309 e. The van der Waals surface area contributed by atoms with Crippen LogP contribution in [0, 0.1) is 0 Å². The van der Waals surface area contributed by atoms with Crippen LogP contribution in [0.4, 0.5) is 0 Å². The van der Waals surface area contributed by atoms with Gasteiger partial charge in [0.2, 0.25) is 0 Å². The molecule has 2 heterocycles. The summed E-state index contributed by atoms with van der Waals surface area (Å²) in [5.74, 6) is 0.711. The third kappa shape index (κ3) is 5.75. The van der Waals surface area contributed by atoms with Crippen molar-refractivity contribution in [1.29, 1.82) is 0 Å². The highest BCUT2D eigenvalue weighted by Gasteiger charge is 2.41. The lowest BCUT2D eigenvalue weighted by Gasteiger charge is -2.35. The van der Waals surface area contributed by atoms with E-state index in [1.165, 1.54) is 42.6 Å². The minimum atomic E-state index is -2.89. The molecule has 0 spiro atoms. The maximum atomic E-state index is 5.23. The molecule has 4 heteroatoms. The molecule has 0 bridgehead atoms. The first-order valence-electron chi connectivity index (χ1n) is 19.1. The van der Waals surface area contributed by atoms with E-state index in [0.717, 1.165) is 33.8 Å². The lowest BCUT2D eigenvalue weighted by atomic mass is 10.1. The van der Waals surface area contributed by atoms with Gasteiger partial charge in [0.25, 0.3) is 0 Å². The summed E-state index contributed by atoms with van der Waals surface area (Å²) in [6.45, 7) is 0. The summed E-state index contributed by atoms with van der Waals surface area (Å²) in [4.78, 5) is 10.3. The highest BCUT2D eigenvalue weighted by molar-refractivity contribution is 7.19. The fraction of sp³-hybridized carbons (Fsp3) is 0. The van der Waals surface area contributed by atoms with Crippen molar-refractivity contribution >= 4 is 50.6 Å². The predicted molar refractivity (Wildman–Crippen MR) is 236 cm³/mol. The van der Waals surface area contributed by atoms with Crippen molar-refractivity contribution < 1.29 is 0 Å². The molecule has 10 aromatic rings. The Hall–Kier alpha value is -7.14. The molecule has 2 aromatic heterocycles. The summed E-state index contributed by atoms with van der Waals surface area (Å²) in [5, 5.41) is 7.78. The second-order valence-electron chi connectivity index (χ2n) is 14.2. The van der Waals surface area contributed by atoms with Crippen LogP contribution in [0.1, 0.15) is 0 Å². The number of hydrogen-bond acceptors (Lipinski definition) is 2. The number of hydrogen-bond donors (Lipinski definition) is 0. The fourth-order valence-corrected chi connectivity index (χ4v) is 13.2. The SMILES string of the molecule is c1ccc(-c2cc(-c3cccc([Si](c4ccccc4)(c4ccccc4)c4ccc(-n5c6ccccc6c6ccccc65)cc4)c3)nc(-c3ccccc3)n2)cc1. The van der Waals surface area contributed by atoms with E-state index in [4.69, 9.17) is 9.97 Å². The molecular weight excluding hydrogens is 695 g/mol. The van der Waals surface area contributed by atoms with Gasteiger partial charge in [0.15, 0.2) is 13.9 Å². The smallest absolute Gasteiger partial charge is 0.179 e. The molecule has 0 radical (unpaired) electrons. The van der Waals surface area contributed by atoms with E-state index in [1.54, 1.807) is 0 Å². The van der Waals surface area contributed by atoms with E-state index in [2.05, 4.69) is 205 Å². The quantitative estimate of drug-likeness (QED) is 0.115. The normalized spacial score (nSPS) is 11.6. The molecule has 10 rings (SSSR count). The first-order chi connectivity index (χ1) is 27.8. The van der Waals surface area contributed by atoms with Gasteiger partial charge in [-0.05, 0) is 51.1 Å². The standard InChI is InChI=1S/C52H37N3Si/c1-5-18-38(19-6-1)48-37-49(54-52(53-48)39-20-7-2-8-21-39)40-22-17-27-45(36-40)56(42-23-9-3-10-24-42,43-25-11-4-12-26-43)44-34-32-41(33-35-44)55-50-30-15-13-28-46(50)47-29-14-16-31-51(47)55/h1-37H. The van der Waals surface area contributed by atoms with Crippen molar-refractivity contribution in [3.05, 3.63) is 224 Å². The molecule has 8 aromatic carbocycles. The summed E-state index contributed by atoms with van der Waals surface area (Å²) in [5.41, 5.74) is 8.46. The van der Waals surface area contributed by atoms with Gasteiger partial charge in [-0.25, -0.2) is 9.97 Å². The highest BCUT2D eigenvalue weighted by atomic mass is 28.3. The first-order valence-corrected chi connectivity index (χ1v) is 21.1. The predicted octanol–water partition coefficient (Wildman–Crippen LogP) is 9.95. The van der Waals surface area contributed by atoms with E-state index in [1.807, 2.05) is 24.3 Å². The van der Waals surface area contributed by atoms with Crippen molar-refractivity contribution in [2.24, 2.45) is 0 Å². The monoisotopic (exact) mass is 731 g/mol. The molecule has 3 nitrogen and oxygen atoms in total. The molecule has 0 fully saturated rings. The average molecular weight is 732 g/mol. The number of fused-ring (bicyclic) bond motifs is 3. The zero-order valence-electron chi connectivity index (χ0n) is 30.7. The summed E-state index contributed by atoms with van der Waals surface area (Å²) in [7, 11) is -2.89. The second kappa shape index (κ2) is 14.3. The minimum absolute atomic E-state index is 0.711. The van der Waals surface area contributed by atoms with E-state index in [-0.39, 0.29) is 0 Å². The lowest BCUT2D eigenvalue weighted by molar-refractivity contribution is 1.18. The molecule has 0 atom stereocenters. The molecule has 264 valence electrons. The lowest BCUT2D eigenvalue weighted by Crippen LogP contribution is -2.74. The molecule has 0 aliphatic heterocycles. The third-order valence-electron chi connectivity index (χ3n) is 11.0. The molecule has 0 saturated heterocycles. The minimum Gasteiger partial charge on any atom is -0.309 e. The Morgan fingerprint density at radius 1 is 0.321 bits per heavy atom. The Bertz CT molecular complexity index is 2790. The number of aromatic nitrogens is 3. The Morgan fingerprint density at radius 3 is 1.32 bits per heavy atom. The first kappa shape index (κ1) is 33.4. The molecule has 0 aliphatic rings. The van der Waals surface area contributed by atoms with Gasteiger partial charge in [-0.3, -0.25) is 0 Å². The van der Waals surface area contributed by atoms with Crippen LogP contribution in [0.25, 0.3) is 61.4 Å². The van der Waals surface area contributed by atoms with Crippen LogP contribution in [0.3, 0.4) is 0 Å². The van der Waals surface area contributed by atoms with Gasteiger partial charge in [0.05, 0.1) is 22.4 Å². The van der Waals surface area contributed by atoms with Crippen LogP contribution in [0.5, 0.6) is 0 Å². The van der Waals surface area contributed by atoms with Gasteiger partial charge >= 0.3 is 0 Å². The van der Waals surface area contributed by atoms with Crippen molar-refractivity contribution in [3.63, 3.8) is 0 Å². The maximum Gasteiger partial charge on any atom is 0.179 e. The van der Waals surface area contributed by atoms with Gasteiger partial charge in [0.1, 0.15) is 0 Å². The van der Waals surface area contributed by atoms with E-state index in [9.17, 15) is 0 Å². The number of rotatable bonds is 8. The Labute approximate surface area is 327 Å². The molecule has 0 unspecified atom stereocenters. The topological polar surface area (TPSA) is 30.7 Å². The Kier molecular flexibility index (Phi) is 8.51. The zero-order chi connectivity index (χ0) is 37.3. The van der Waals surface area contributed by atoms with Crippen molar-refractivity contribution in [2.45, 2.75) is 0 Å². The van der Waals surface area contributed by atoms with Gasteiger partial charge in [-0.2, -0.15) is 0 Å². The summed E-state index contributed by atoms with van der Waals surface area (Å²) < 4.78 is 2.40. The van der Waals surface area contributed by atoms with E-state index >= 15 is 0 Å². The highest BCUT2D eigenvalue weighted by Crippen LogP contribution is 2.32. The van der Waals surface area contributed by atoms with Crippen molar-refractivity contribution in [1.82, 2.24) is 14.5 Å². The van der Waals surface area contributed by atoms with Crippen LogP contribution in [0.2, 0.25) is 0 Å². The summed E-state index contributed by atoms with van der Waals surface area (Å²) >= 11 is 0. The Morgan fingerprint density at radius 2 is 0.750 bits per heavy atom. The third-order valence-corrected chi connectivity index (χ3v) is 15.7. The Balaban J connectivity index is 1.19.